The predicted octanol–water partition coefficient (Wildman–Crippen LogP) is -1.77. The van der Waals surface area contributed by atoms with E-state index >= 15 is 0 Å². The second-order valence-corrected chi connectivity index (χ2v) is 11.8. The molecule has 0 aliphatic heterocycles. The molecular weight excluding hydrogens is 520 g/mol. The van der Waals surface area contributed by atoms with E-state index in [9.17, 15) is 40.9 Å². The van der Waals surface area contributed by atoms with Gasteiger partial charge >= 0.3 is 0 Å². The largest absolute Gasteiger partial charge is 0.392 e. The van der Waals surface area contributed by atoms with Crippen molar-refractivity contribution in [1.82, 2.24) is 19.6 Å². The van der Waals surface area contributed by atoms with E-state index in [4.69, 9.17) is 0 Å². The van der Waals surface area contributed by atoms with Crippen LogP contribution >= 0.6 is 0 Å². The van der Waals surface area contributed by atoms with Gasteiger partial charge in [-0.2, -0.15) is 0 Å². The Bertz CT molecular complexity index is 430. The molecule has 0 rings (SSSR count). The summed E-state index contributed by atoms with van der Waals surface area (Å²) in [6.07, 6.45) is -3.59. The van der Waals surface area contributed by atoms with Crippen molar-refractivity contribution in [3.8, 4) is 0 Å². The van der Waals surface area contributed by atoms with Crippen LogP contribution in [0.5, 0.6) is 0 Å². The van der Waals surface area contributed by atoms with Gasteiger partial charge in [-0.25, -0.2) is 0 Å². The van der Waals surface area contributed by atoms with Crippen molar-refractivity contribution < 1.29 is 40.9 Å². The minimum absolute atomic E-state index is 0.448. The van der Waals surface area contributed by atoms with E-state index in [0.717, 1.165) is 0 Å². The maximum absolute atomic E-state index is 9.47. The van der Waals surface area contributed by atoms with Gasteiger partial charge in [0, 0.05) is 78.5 Å². The van der Waals surface area contributed by atoms with Gasteiger partial charge in [-0.3, -0.25) is 19.6 Å². The van der Waals surface area contributed by atoms with Crippen LogP contribution in [0.15, 0.2) is 0 Å². The van der Waals surface area contributed by atoms with Crippen molar-refractivity contribution in [2.45, 2.75) is 104 Å². The molecule has 0 radical (unpaired) electrons. The number of rotatable bonds is 22. The van der Waals surface area contributed by atoms with E-state index in [0.29, 0.717) is 78.5 Å². The normalized spacial score (nSPS) is 18.3. The third kappa shape index (κ3) is 29.0. The Hall–Kier alpha value is -0.480. The number of hydrogen-bond donors (Lipinski definition) is 8. The lowest BCUT2D eigenvalue weighted by Crippen LogP contribution is -2.44. The Morgan fingerprint density at radius 1 is 0.275 bits per heavy atom. The molecular formula is C28H64N4O8. The first kappa shape index (κ1) is 41.7. The van der Waals surface area contributed by atoms with E-state index in [-0.39, 0.29) is 0 Å². The van der Waals surface area contributed by atoms with Crippen molar-refractivity contribution in [2.24, 2.45) is 0 Å². The van der Waals surface area contributed by atoms with Gasteiger partial charge in [0.25, 0.3) is 0 Å². The molecule has 12 heteroatoms. The Balaban J connectivity index is 0. The molecule has 8 N–H and O–H groups in total. The summed E-state index contributed by atoms with van der Waals surface area (Å²) in [7, 11) is 0. The molecule has 0 saturated carbocycles. The average molecular weight is 585 g/mol. The molecule has 0 aromatic heterocycles. The lowest BCUT2D eigenvalue weighted by molar-refractivity contribution is 0.0542. The molecule has 0 aliphatic carbocycles. The highest BCUT2D eigenvalue weighted by Crippen LogP contribution is 2.02. The van der Waals surface area contributed by atoms with Crippen LogP contribution in [-0.4, -0.2) is 188 Å². The zero-order chi connectivity index (χ0) is 31.4. The van der Waals surface area contributed by atoms with Crippen molar-refractivity contribution in [3.05, 3.63) is 0 Å². The van der Waals surface area contributed by atoms with Crippen molar-refractivity contribution in [2.75, 3.05) is 78.5 Å². The topological polar surface area (TPSA) is 175 Å². The summed E-state index contributed by atoms with van der Waals surface area (Å²) in [6.45, 7) is 20.5. The summed E-state index contributed by atoms with van der Waals surface area (Å²) in [6, 6.07) is 0. The molecule has 0 aliphatic rings. The van der Waals surface area contributed by atoms with Crippen LogP contribution in [0.4, 0.5) is 0 Å². The molecule has 0 heterocycles. The highest BCUT2D eigenvalue weighted by Gasteiger charge is 2.17. The van der Waals surface area contributed by atoms with Crippen LogP contribution in [0, 0.1) is 0 Å². The van der Waals surface area contributed by atoms with Crippen LogP contribution in [-0.2, 0) is 0 Å². The molecule has 244 valence electrons. The lowest BCUT2D eigenvalue weighted by Gasteiger charge is -2.30. The molecule has 0 amide bonds. The van der Waals surface area contributed by atoms with Crippen molar-refractivity contribution >= 4 is 0 Å². The standard InChI is InChI=1S/2C14H32N2O4/c2*1-11(17)7-15(8-12(2)18)5-6-16(9-13(3)19)10-14(4)20/h2*11-14,17-20H,5-10H2,1-4H3. The summed E-state index contributed by atoms with van der Waals surface area (Å²) in [5, 5.41) is 75.8. The van der Waals surface area contributed by atoms with E-state index in [1.165, 1.54) is 0 Å². The fraction of sp³-hybridized carbons (Fsp3) is 1.00. The van der Waals surface area contributed by atoms with Crippen LogP contribution < -0.4 is 0 Å². The van der Waals surface area contributed by atoms with Crippen molar-refractivity contribution in [1.29, 1.82) is 0 Å². The Labute approximate surface area is 243 Å². The van der Waals surface area contributed by atoms with Gasteiger partial charge in [0.15, 0.2) is 0 Å². The first-order valence-corrected chi connectivity index (χ1v) is 14.7. The van der Waals surface area contributed by atoms with E-state index in [1.807, 2.05) is 19.6 Å². The monoisotopic (exact) mass is 584 g/mol. The molecule has 8 unspecified atom stereocenters. The van der Waals surface area contributed by atoms with Gasteiger partial charge in [-0.05, 0) is 55.4 Å². The minimum Gasteiger partial charge on any atom is -0.392 e. The zero-order valence-electron chi connectivity index (χ0n) is 26.5. The van der Waals surface area contributed by atoms with Gasteiger partial charge in [0.1, 0.15) is 0 Å². The van der Waals surface area contributed by atoms with E-state index in [1.54, 1.807) is 55.4 Å². The summed E-state index contributed by atoms with van der Waals surface area (Å²) in [5.74, 6) is 0. The molecule has 12 nitrogen and oxygen atoms in total. The number of nitrogens with zero attached hydrogens (tertiary/aromatic N) is 4. The highest BCUT2D eigenvalue weighted by atomic mass is 16.3. The molecule has 0 aromatic rings. The van der Waals surface area contributed by atoms with Crippen LogP contribution in [0.3, 0.4) is 0 Å². The Morgan fingerprint density at radius 2 is 0.375 bits per heavy atom. The maximum Gasteiger partial charge on any atom is 0.0639 e. The number of hydrogen-bond acceptors (Lipinski definition) is 12. The van der Waals surface area contributed by atoms with Gasteiger partial charge in [-0.15, -0.1) is 0 Å². The van der Waals surface area contributed by atoms with Gasteiger partial charge < -0.3 is 40.9 Å². The molecule has 40 heavy (non-hydrogen) atoms. The molecule has 0 aromatic carbocycles. The third-order valence-electron chi connectivity index (χ3n) is 5.64. The van der Waals surface area contributed by atoms with Crippen LogP contribution in [0.1, 0.15) is 55.4 Å². The molecule has 0 spiro atoms. The first-order valence-electron chi connectivity index (χ1n) is 14.7. The SMILES string of the molecule is CC(O)CN(CCN(CC(C)O)CC(C)O)CC(C)O.CC(O)CN(CCN(CC(C)O)CC(C)O)CC(C)O. The fourth-order valence-electron chi connectivity index (χ4n) is 4.58. The number of aliphatic hydroxyl groups excluding tert-OH is 8. The molecule has 0 bridgehead atoms. The first-order chi connectivity index (χ1) is 18.4. The fourth-order valence-corrected chi connectivity index (χ4v) is 4.58. The van der Waals surface area contributed by atoms with Gasteiger partial charge in [-0.1, -0.05) is 0 Å². The van der Waals surface area contributed by atoms with Gasteiger partial charge in [0.05, 0.1) is 48.8 Å². The second-order valence-electron chi connectivity index (χ2n) is 11.8. The summed E-state index contributed by atoms with van der Waals surface area (Å²) in [5.41, 5.74) is 0. The van der Waals surface area contributed by atoms with E-state index in [2.05, 4.69) is 0 Å². The number of aliphatic hydroxyl groups is 8. The molecule has 0 saturated heterocycles. The highest BCUT2D eigenvalue weighted by molar-refractivity contribution is 4.72. The second kappa shape index (κ2) is 24.0. The van der Waals surface area contributed by atoms with Crippen LogP contribution in [0.2, 0.25) is 0 Å². The third-order valence-corrected chi connectivity index (χ3v) is 5.64. The molecule has 0 fully saturated rings. The molecule has 8 atom stereocenters. The summed E-state index contributed by atoms with van der Waals surface area (Å²) < 4.78 is 0. The summed E-state index contributed by atoms with van der Waals surface area (Å²) >= 11 is 0. The Morgan fingerprint density at radius 3 is 0.450 bits per heavy atom. The van der Waals surface area contributed by atoms with E-state index < -0.39 is 48.8 Å². The van der Waals surface area contributed by atoms with Crippen molar-refractivity contribution in [3.63, 3.8) is 0 Å². The average Bonchev–Trinajstić information content (AvgIpc) is 2.72. The minimum atomic E-state index is -0.448. The summed E-state index contributed by atoms with van der Waals surface area (Å²) in [4.78, 5) is 7.97. The Kier molecular flexibility index (Phi) is 25.0. The van der Waals surface area contributed by atoms with Gasteiger partial charge in [0.2, 0.25) is 0 Å². The van der Waals surface area contributed by atoms with Crippen LogP contribution in [0.25, 0.3) is 0 Å². The zero-order valence-corrected chi connectivity index (χ0v) is 26.5. The smallest absolute Gasteiger partial charge is 0.0639 e. The lowest BCUT2D eigenvalue weighted by atomic mass is 10.2. The predicted molar refractivity (Wildman–Crippen MR) is 159 cm³/mol. The quantitative estimate of drug-likeness (QED) is 0.0720. The maximum atomic E-state index is 9.47.